The van der Waals surface area contributed by atoms with Crippen molar-refractivity contribution in [2.75, 3.05) is 26.3 Å². The molecule has 4 rings (SSSR count). The van der Waals surface area contributed by atoms with E-state index < -0.39 is 5.41 Å². The first-order valence-electron chi connectivity index (χ1n) is 10.8. The smallest absolute Gasteiger partial charge is 0.293 e. The predicted molar refractivity (Wildman–Crippen MR) is 125 cm³/mol. The maximum atomic E-state index is 13.4. The highest BCUT2D eigenvalue weighted by molar-refractivity contribution is 8.18. The molecule has 0 atom stereocenters. The summed E-state index contributed by atoms with van der Waals surface area (Å²) in [5, 5.41) is 2.53. The van der Waals surface area contributed by atoms with Crippen molar-refractivity contribution in [3.05, 3.63) is 75.9 Å². The van der Waals surface area contributed by atoms with Crippen LogP contribution < -0.4 is 5.32 Å². The molecular formula is C25H25FN2O4S. The van der Waals surface area contributed by atoms with Crippen molar-refractivity contribution in [1.82, 2.24) is 10.2 Å². The first kappa shape index (κ1) is 23.2. The zero-order chi connectivity index (χ0) is 23.4. The van der Waals surface area contributed by atoms with Crippen molar-refractivity contribution >= 4 is 34.9 Å². The molecule has 0 spiro atoms. The summed E-state index contributed by atoms with van der Waals surface area (Å²) in [6, 6.07) is 13.6. The standard InChI is InChI=1S/C25H25FN2O4S/c1-17-2-4-18(5-3-17)16-21-22(29)28(24(31)33-21)13-12-27-23(30)25(10-14-32-15-11-25)19-6-8-20(26)9-7-19/h2-9,16H,10-15H2,1H3,(H,27,30)/b21-16-. The first-order valence-corrected chi connectivity index (χ1v) is 11.6. The monoisotopic (exact) mass is 468 g/mol. The van der Waals surface area contributed by atoms with Crippen LogP contribution in [0.1, 0.15) is 29.5 Å². The average molecular weight is 469 g/mol. The summed E-state index contributed by atoms with van der Waals surface area (Å²) in [5.74, 6) is -0.932. The van der Waals surface area contributed by atoms with Crippen LogP contribution in [0.25, 0.3) is 6.08 Å². The highest BCUT2D eigenvalue weighted by atomic mass is 32.2. The number of hydrogen-bond acceptors (Lipinski definition) is 5. The Kier molecular flexibility index (Phi) is 6.95. The summed E-state index contributed by atoms with van der Waals surface area (Å²) in [7, 11) is 0. The third-order valence-corrected chi connectivity index (χ3v) is 6.95. The van der Waals surface area contributed by atoms with Crippen LogP contribution in [0.5, 0.6) is 0 Å². The Balaban J connectivity index is 1.41. The van der Waals surface area contributed by atoms with Crippen LogP contribution in [-0.2, 0) is 19.7 Å². The molecule has 2 heterocycles. The molecule has 0 unspecified atom stereocenters. The Hall–Kier alpha value is -2.97. The van der Waals surface area contributed by atoms with Gasteiger partial charge in [0, 0.05) is 26.3 Å². The summed E-state index contributed by atoms with van der Waals surface area (Å²) in [4.78, 5) is 39.9. The number of rotatable bonds is 6. The zero-order valence-corrected chi connectivity index (χ0v) is 19.1. The van der Waals surface area contributed by atoms with E-state index in [4.69, 9.17) is 4.74 Å². The quantitative estimate of drug-likeness (QED) is 0.648. The lowest BCUT2D eigenvalue weighted by atomic mass is 9.73. The third-order valence-electron chi connectivity index (χ3n) is 6.05. The number of ether oxygens (including phenoxy) is 1. The number of nitrogens with zero attached hydrogens (tertiary/aromatic N) is 1. The Morgan fingerprint density at radius 2 is 1.79 bits per heavy atom. The van der Waals surface area contributed by atoms with Crippen LogP contribution in [-0.4, -0.2) is 48.3 Å². The third kappa shape index (κ3) is 5.02. The van der Waals surface area contributed by atoms with Gasteiger partial charge >= 0.3 is 0 Å². The number of carbonyl (C=O) groups excluding carboxylic acids is 3. The molecular weight excluding hydrogens is 443 g/mol. The highest BCUT2D eigenvalue weighted by Gasteiger charge is 2.42. The lowest BCUT2D eigenvalue weighted by Crippen LogP contribution is -2.49. The van der Waals surface area contributed by atoms with Gasteiger partial charge in [-0.2, -0.15) is 0 Å². The molecule has 2 aromatic rings. The number of thioether (sulfide) groups is 1. The number of carbonyl (C=O) groups is 3. The summed E-state index contributed by atoms with van der Waals surface area (Å²) in [5.41, 5.74) is 1.87. The first-order chi connectivity index (χ1) is 15.9. The van der Waals surface area contributed by atoms with Crippen molar-refractivity contribution in [3.63, 3.8) is 0 Å². The van der Waals surface area contributed by atoms with E-state index in [1.807, 2.05) is 31.2 Å². The van der Waals surface area contributed by atoms with E-state index in [1.54, 1.807) is 18.2 Å². The van der Waals surface area contributed by atoms with Crippen LogP contribution in [0.3, 0.4) is 0 Å². The van der Waals surface area contributed by atoms with Gasteiger partial charge in [0.15, 0.2) is 0 Å². The van der Waals surface area contributed by atoms with Crippen LogP contribution in [0.4, 0.5) is 9.18 Å². The number of imide groups is 1. The van der Waals surface area contributed by atoms with Crippen molar-refractivity contribution < 1.29 is 23.5 Å². The van der Waals surface area contributed by atoms with E-state index in [0.717, 1.165) is 33.4 Å². The van der Waals surface area contributed by atoms with Crippen LogP contribution in [0.2, 0.25) is 0 Å². The molecule has 1 N–H and O–H groups in total. The average Bonchev–Trinajstić information content (AvgIpc) is 3.08. The Morgan fingerprint density at radius 1 is 1.12 bits per heavy atom. The number of benzene rings is 2. The van der Waals surface area contributed by atoms with Crippen LogP contribution >= 0.6 is 11.8 Å². The second kappa shape index (κ2) is 9.89. The Bertz CT molecular complexity index is 1080. The molecule has 2 aliphatic heterocycles. The second-order valence-corrected chi connectivity index (χ2v) is 9.19. The van der Waals surface area contributed by atoms with E-state index in [9.17, 15) is 18.8 Å². The van der Waals surface area contributed by atoms with Gasteiger partial charge in [0.1, 0.15) is 5.82 Å². The van der Waals surface area contributed by atoms with Crippen molar-refractivity contribution in [3.8, 4) is 0 Å². The fraction of sp³-hybridized carbons (Fsp3) is 0.320. The minimum atomic E-state index is -0.823. The molecule has 33 heavy (non-hydrogen) atoms. The van der Waals surface area contributed by atoms with Gasteiger partial charge in [-0.1, -0.05) is 42.0 Å². The molecule has 3 amide bonds. The fourth-order valence-corrected chi connectivity index (χ4v) is 4.96. The van der Waals surface area contributed by atoms with Gasteiger partial charge in [0.25, 0.3) is 11.1 Å². The minimum Gasteiger partial charge on any atom is -0.381 e. The van der Waals surface area contributed by atoms with Gasteiger partial charge in [-0.05, 0) is 60.9 Å². The predicted octanol–water partition coefficient (Wildman–Crippen LogP) is 4.04. The Labute approximate surface area is 196 Å². The molecule has 0 saturated carbocycles. The zero-order valence-electron chi connectivity index (χ0n) is 18.3. The molecule has 6 nitrogen and oxygen atoms in total. The number of halogens is 1. The number of nitrogens with one attached hydrogen (secondary N) is 1. The molecule has 0 aromatic heterocycles. The maximum absolute atomic E-state index is 13.4. The SMILES string of the molecule is Cc1ccc(/C=C2\SC(=O)N(CCNC(=O)C3(c4ccc(F)cc4)CCOCC3)C2=O)cc1. The number of amides is 3. The van der Waals surface area contributed by atoms with Gasteiger partial charge in [-0.25, -0.2) is 4.39 Å². The van der Waals surface area contributed by atoms with E-state index >= 15 is 0 Å². The molecule has 2 fully saturated rings. The topological polar surface area (TPSA) is 75.7 Å². The largest absolute Gasteiger partial charge is 0.381 e. The van der Waals surface area contributed by atoms with E-state index in [2.05, 4.69) is 5.32 Å². The maximum Gasteiger partial charge on any atom is 0.293 e. The van der Waals surface area contributed by atoms with Gasteiger partial charge in [-0.3, -0.25) is 19.3 Å². The van der Waals surface area contributed by atoms with Gasteiger partial charge in [0.05, 0.1) is 10.3 Å². The van der Waals surface area contributed by atoms with Gasteiger partial charge in [-0.15, -0.1) is 0 Å². The van der Waals surface area contributed by atoms with Crippen LogP contribution in [0.15, 0.2) is 53.4 Å². The van der Waals surface area contributed by atoms with Gasteiger partial charge in [0.2, 0.25) is 5.91 Å². The summed E-state index contributed by atoms with van der Waals surface area (Å²) in [6.45, 7) is 3.05. The number of aryl methyl sites for hydroxylation is 1. The fourth-order valence-electron chi connectivity index (χ4n) is 4.09. The highest BCUT2D eigenvalue weighted by Crippen LogP contribution is 2.35. The second-order valence-electron chi connectivity index (χ2n) is 8.20. The minimum absolute atomic E-state index is 0.0810. The summed E-state index contributed by atoms with van der Waals surface area (Å²) in [6.07, 6.45) is 2.66. The van der Waals surface area contributed by atoms with Crippen LogP contribution in [0, 0.1) is 12.7 Å². The number of hydrogen-bond donors (Lipinski definition) is 1. The molecule has 2 aromatic carbocycles. The Morgan fingerprint density at radius 3 is 2.45 bits per heavy atom. The van der Waals surface area contributed by atoms with Crippen molar-refractivity contribution in [1.29, 1.82) is 0 Å². The van der Waals surface area contributed by atoms with Crippen molar-refractivity contribution in [2.45, 2.75) is 25.2 Å². The van der Waals surface area contributed by atoms with Gasteiger partial charge < -0.3 is 10.1 Å². The normalized spacial score (nSPS) is 19.2. The lowest BCUT2D eigenvalue weighted by molar-refractivity contribution is -0.131. The molecule has 0 bridgehead atoms. The van der Waals surface area contributed by atoms with E-state index in [-0.39, 0.29) is 36.0 Å². The molecule has 0 radical (unpaired) electrons. The molecule has 2 aliphatic rings. The molecule has 2 saturated heterocycles. The van der Waals surface area contributed by atoms with E-state index in [0.29, 0.717) is 31.0 Å². The van der Waals surface area contributed by atoms with Crippen molar-refractivity contribution in [2.24, 2.45) is 0 Å². The molecule has 172 valence electrons. The molecule has 8 heteroatoms. The summed E-state index contributed by atoms with van der Waals surface area (Å²) >= 11 is 0.899. The lowest BCUT2D eigenvalue weighted by Gasteiger charge is -2.36. The van der Waals surface area contributed by atoms with E-state index in [1.165, 1.54) is 12.1 Å². The summed E-state index contributed by atoms with van der Waals surface area (Å²) < 4.78 is 18.9. The molecule has 0 aliphatic carbocycles.